The quantitative estimate of drug-likeness (QED) is 0.439. The first-order chi connectivity index (χ1) is 10.4. The fourth-order valence-corrected chi connectivity index (χ4v) is 5.71. The number of hydrogen-bond donors (Lipinski definition) is 4. The van der Waals surface area contributed by atoms with E-state index in [1.54, 1.807) is 0 Å². The molecule has 0 aliphatic heterocycles. The summed E-state index contributed by atoms with van der Waals surface area (Å²) in [6.07, 6.45) is 5.26. The molecule has 1 aromatic rings. The SMILES string of the molecule is C[C@]12CC[C@@H]3c4c(O)cc(O)c(O)c4CC[C@H]3[C@H]1CC[C@H]2O. The maximum absolute atomic E-state index is 10.4. The number of aliphatic hydroxyl groups excluding tert-OH is 1. The maximum atomic E-state index is 10.4. The molecule has 2 saturated carbocycles. The minimum Gasteiger partial charge on any atom is -0.508 e. The average Bonchev–Trinajstić information content (AvgIpc) is 2.80. The lowest BCUT2D eigenvalue weighted by molar-refractivity contribution is -0.0230. The van der Waals surface area contributed by atoms with Gasteiger partial charge in [0.2, 0.25) is 0 Å². The number of phenols is 3. The summed E-state index contributed by atoms with van der Waals surface area (Å²) in [6.45, 7) is 2.22. The fraction of sp³-hybridized carbons (Fsp3) is 0.667. The van der Waals surface area contributed by atoms with E-state index in [2.05, 4.69) is 6.92 Å². The molecular formula is C18H24O4. The van der Waals surface area contributed by atoms with E-state index in [-0.39, 0.29) is 34.7 Å². The van der Waals surface area contributed by atoms with Crippen LogP contribution in [-0.4, -0.2) is 26.5 Å². The second kappa shape index (κ2) is 4.54. The van der Waals surface area contributed by atoms with Gasteiger partial charge in [-0.1, -0.05) is 6.92 Å². The third kappa shape index (κ3) is 1.67. The highest BCUT2D eigenvalue weighted by atomic mass is 16.3. The number of rotatable bonds is 0. The molecule has 4 nitrogen and oxygen atoms in total. The molecule has 0 spiro atoms. The molecule has 0 bridgehead atoms. The Hall–Kier alpha value is -1.42. The maximum Gasteiger partial charge on any atom is 0.161 e. The molecule has 5 atom stereocenters. The third-order valence-electron chi connectivity index (χ3n) is 6.89. The van der Waals surface area contributed by atoms with Gasteiger partial charge in [0.05, 0.1) is 6.10 Å². The molecule has 4 rings (SSSR count). The molecule has 0 aromatic heterocycles. The topological polar surface area (TPSA) is 80.9 Å². The van der Waals surface area contributed by atoms with Crippen LogP contribution in [0.1, 0.15) is 56.1 Å². The van der Waals surface area contributed by atoms with Crippen LogP contribution in [0.4, 0.5) is 0 Å². The van der Waals surface area contributed by atoms with Gasteiger partial charge < -0.3 is 20.4 Å². The average molecular weight is 304 g/mol. The molecule has 120 valence electrons. The van der Waals surface area contributed by atoms with Crippen molar-refractivity contribution in [2.24, 2.45) is 17.3 Å². The molecule has 0 saturated heterocycles. The predicted octanol–water partition coefficient (Wildman–Crippen LogP) is 3.02. The summed E-state index contributed by atoms with van der Waals surface area (Å²) in [4.78, 5) is 0. The minimum absolute atomic E-state index is 0.00720. The van der Waals surface area contributed by atoms with E-state index in [1.807, 2.05) is 0 Å². The lowest BCUT2D eigenvalue weighted by Crippen LogP contribution is -2.43. The molecule has 0 amide bonds. The van der Waals surface area contributed by atoms with Gasteiger partial charge in [-0.05, 0) is 61.7 Å². The van der Waals surface area contributed by atoms with Crippen LogP contribution in [0.25, 0.3) is 0 Å². The van der Waals surface area contributed by atoms with Gasteiger partial charge in [0.1, 0.15) is 5.75 Å². The van der Waals surface area contributed by atoms with Crippen molar-refractivity contribution in [2.75, 3.05) is 0 Å². The van der Waals surface area contributed by atoms with Crippen molar-refractivity contribution in [3.8, 4) is 17.2 Å². The van der Waals surface area contributed by atoms with Gasteiger partial charge in [0.15, 0.2) is 11.5 Å². The van der Waals surface area contributed by atoms with Crippen LogP contribution in [0.3, 0.4) is 0 Å². The van der Waals surface area contributed by atoms with Gasteiger partial charge in [-0.2, -0.15) is 0 Å². The van der Waals surface area contributed by atoms with Crippen molar-refractivity contribution < 1.29 is 20.4 Å². The Balaban J connectivity index is 1.78. The van der Waals surface area contributed by atoms with E-state index in [1.165, 1.54) is 6.07 Å². The van der Waals surface area contributed by atoms with Gasteiger partial charge in [0.25, 0.3) is 0 Å². The third-order valence-corrected chi connectivity index (χ3v) is 6.89. The van der Waals surface area contributed by atoms with Crippen LogP contribution < -0.4 is 0 Å². The van der Waals surface area contributed by atoms with Crippen LogP contribution in [0.15, 0.2) is 6.07 Å². The zero-order chi connectivity index (χ0) is 15.6. The van der Waals surface area contributed by atoms with Crippen LogP contribution in [0.5, 0.6) is 17.2 Å². The Labute approximate surface area is 130 Å². The Kier molecular flexibility index (Phi) is 2.93. The Bertz CT molecular complexity index is 626. The molecule has 1 aromatic carbocycles. The zero-order valence-electron chi connectivity index (χ0n) is 12.9. The van der Waals surface area contributed by atoms with Crippen molar-refractivity contribution in [3.63, 3.8) is 0 Å². The molecule has 2 fully saturated rings. The second-order valence-corrected chi connectivity index (χ2v) is 7.71. The Morgan fingerprint density at radius 3 is 2.59 bits per heavy atom. The van der Waals surface area contributed by atoms with Crippen LogP contribution in [-0.2, 0) is 6.42 Å². The van der Waals surface area contributed by atoms with Gasteiger partial charge in [-0.25, -0.2) is 0 Å². The van der Waals surface area contributed by atoms with Crippen LogP contribution in [0, 0.1) is 17.3 Å². The number of aliphatic hydroxyl groups is 1. The molecule has 0 radical (unpaired) electrons. The largest absolute Gasteiger partial charge is 0.508 e. The minimum atomic E-state index is -0.230. The van der Waals surface area contributed by atoms with Crippen molar-refractivity contribution in [1.29, 1.82) is 0 Å². The lowest BCUT2D eigenvalue weighted by Gasteiger charge is -2.50. The van der Waals surface area contributed by atoms with E-state index in [0.717, 1.165) is 43.2 Å². The smallest absolute Gasteiger partial charge is 0.161 e. The molecule has 0 heterocycles. The van der Waals surface area contributed by atoms with Crippen molar-refractivity contribution >= 4 is 0 Å². The summed E-state index contributed by atoms with van der Waals surface area (Å²) in [6, 6.07) is 1.27. The molecular weight excluding hydrogens is 280 g/mol. The summed E-state index contributed by atoms with van der Waals surface area (Å²) in [5.41, 5.74) is 1.57. The molecule has 3 aliphatic carbocycles. The van der Waals surface area contributed by atoms with Gasteiger partial charge in [-0.3, -0.25) is 0 Å². The first-order valence-corrected chi connectivity index (χ1v) is 8.38. The summed E-state index contributed by atoms with van der Waals surface area (Å²) in [7, 11) is 0. The van der Waals surface area contributed by atoms with Crippen molar-refractivity contribution in [3.05, 3.63) is 17.2 Å². The van der Waals surface area contributed by atoms with Gasteiger partial charge in [0, 0.05) is 17.2 Å². The fourth-order valence-electron chi connectivity index (χ4n) is 5.71. The number of aromatic hydroxyl groups is 3. The summed E-state index contributed by atoms with van der Waals surface area (Å²) in [5, 5.41) is 40.6. The summed E-state index contributed by atoms with van der Waals surface area (Å²) in [5.74, 6) is 1.00. The molecule has 4 heteroatoms. The van der Waals surface area contributed by atoms with Crippen molar-refractivity contribution in [1.82, 2.24) is 0 Å². The standard InChI is InChI=1S/C18H24O4/c1-18-7-6-10-9(12(18)4-5-15(18)21)2-3-11-16(10)13(19)8-14(20)17(11)22/h8-10,12,15,19-22H,2-7H2,1H3/t9-,10+,12-,15-,18+/m1/s1. The molecule has 4 N–H and O–H groups in total. The normalized spacial score (nSPS) is 39.9. The Morgan fingerprint density at radius 1 is 1.05 bits per heavy atom. The zero-order valence-corrected chi connectivity index (χ0v) is 12.9. The number of hydrogen-bond acceptors (Lipinski definition) is 4. The van der Waals surface area contributed by atoms with Gasteiger partial charge >= 0.3 is 0 Å². The first-order valence-electron chi connectivity index (χ1n) is 8.38. The highest BCUT2D eigenvalue weighted by Crippen LogP contribution is 2.62. The number of phenolic OH excluding ortho intramolecular Hbond substituents is 3. The van der Waals surface area contributed by atoms with Crippen LogP contribution >= 0.6 is 0 Å². The van der Waals surface area contributed by atoms with E-state index in [9.17, 15) is 20.4 Å². The summed E-state index contributed by atoms with van der Waals surface area (Å²) >= 11 is 0. The van der Waals surface area contributed by atoms with E-state index in [0.29, 0.717) is 18.3 Å². The number of fused-ring (bicyclic) bond motifs is 5. The van der Waals surface area contributed by atoms with Crippen molar-refractivity contribution in [2.45, 2.75) is 57.5 Å². The van der Waals surface area contributed by atoms with E-state index >= 15 is 0 Å². The first kappa shape index (κ1) is 14.2. The van der Waals surface area contributed by atoms with E-state index < -0.39 is 0 Å². The molecule has 0 unspecified atom stereocenters. The molecule has 3 aliphatic rings. The molecule has 22 heavy (non-hydrogen) atoms. The Morgan fingerprint density at radius 2 is 1.82 bits per heavy atom. The monoisotopic (exact) mass is 304 g/mol. The predicted molar refractivity (Wildman–Crippen MR) is 82.1 cm³/mol. The second-order valence-electron chi connectivity index (χ2n) is 7.71. The highest BCUT2D eigenvalue weighted by molar-refractivity contribution is 5.58. The number of benzene rings is 1. The lowest BCUT2D eigenvalue weighted by atomic mass is 9.55. The van der Waals surface area contributed by atoms with E-state index in [4.69, 9.17) is 0 Å². The summed E-state index contributed by atoms with van der Waals surface area (Å²) < 4.78 is 0. The van der Waals surface area contributed by atoms with Crippen LogP contribution in [0.2, 0.25) is 0 Å². The highest BCUT2D eigenvalue weighted by Gasteiger charge is 2.55. The van der Waals surface area contributed by atoms with Gasteiger partial charge in [-0.15, -0.1) is 0 Å².